The van der Waals surface area contributed by atoms with Crippen LogP contribution in [0, 0.1) is 6.92 Å². The van der Waals surface area contributed by atoms with E-state index in [1.165, 1.54) is 29.7 Å². The number of rotatable bonds is 5. The van der Waals surface area contributed by atoms with E-state index in [0.29, 0.717) is 11.2 Å². The SMILES string of the molecule is Cc1ccc(Oc2nnc(CNC3CC3)s2)c(Br)c1. The molecule has 1 aromatic heterocycles. The van der Waals surface area contributed by atoms with Crippen LogP contribution in [0.4, 0.5) is 0 Å². The third-order valence-corrected chi connectivity index (χ3v) is 4.27. The molecule has 0 atom stereocenters. The Morgan fingerprint density at radius 1 is 1.42 bits per heavy atom. The van der Waals surface area contributed by atoms with Gasteiger partial charge in [-0.05, 0) is 53.4 Å². The van der Waals surface area contributed by atoms with Crippen LogP contribution in [-0.2, 0) is 6.54 Å². The Morgan fingerprint density at radius 3 is 3.00 bits per heavy atom. The third kappa shape index (κ3) is 3.52. The molecule has 1 aromatic carbocycles. The van der Waals surface area contributed by atoms with Crippen molar-refractivity contribution in [2.75, 3.05) is 0 Å². The Labute approximate surface area is 124 Å². The fourth-order valence-corrected chi connectivity index (χ4v) is 2.88. The summed E-state index contributed by atoms with van der Waals surface area (Å²) in [6.07, 6.45) is 2.55. The van der Waals surface area contributed by atoms with E-state index >= 15 is 0 Å². The van der Waals surface area contributed by atoms with Gasteiger partial charge in [0.15, 0.2) is 0 Å². The normalized spacial score (nSPS) is 14.6. The van der Waals surface area contributed by atoms with Gasteiger partial charge in [0.25, 0.3) is 5.19 Å². The van der Waals surface area contributed by atoms with Gasteiger partial charge in [0, 0.05) is 6.04 Å². The van der Waals surface area contributed by atoms with Crippen LogP contribution in [0.25, 0.3) is 0 Å². The van der Waals surface area contributed by atoms with Crippen LogP contribution in [0.1, 0.15) is 23.4 Å². The van der Waals surface area contributed by atoms with Gasteiger partial charge in [-0.2, -0.15) is 0 Å². The Hall–Kier alpha value is -0.980. The number of benzene rings is 1. The first kappa shape index (κ1) is 13.0. The molecule has 0 saturated heterocycles. The van der Waals surface area contributed by atoms with Crippen molar-refractivity contribution in [2.24, 2.45) is 0 Å². The molecule has 1 N–H and O–H groups in total. The summed E-state index contributed by atoms with van der Waals surface area (Å²) in [4.78, 5) is 0. The molecule has 19 heavy (non-hydrogen) atoms. The summed E-state index contributed by atoms with van der Waals surface area (Å²) in [6.45, 7) is 2.82. The summed E-state index contributed by atoms with van der Waals surface area (Å²) >= 11 is 4.97. The second kappa shape index (κ2) is 5.56. The van der Waals surface area contributed by atoms with Crippen LogP contribution < -0.4 is 10.1 Å². The lowest BCUT2D eigenvalue weighted by molar-refractivity contribution is 0.470. The zero-order valence-electron chi connectivity index (χ0n) is 10.5. The largest absolute Gasteiger partial charge is 0.429 e. The van der Waals surface area contributed by atoms with Crippen LogP contribution in [0.5, 0.6) is 10.9 Å². The van der Waals surface area contributed by atoms with Crippen molar-refractivity contribution in [1.82, 2.24) is 15.5 Å². The van der Waals surface area contributed by atoms with Crippen LogP contribution in [-0.4, -0.2) is 16.2 Å². The molecule has 1 saturated carbocycles. The fraction of sp³-hybridized carbons (Fsp3) is 0.385. The highest BCUT2D eigenvalue weighted by Crippen LogP contribution is 2.32. The molecular weight excluding hydrogens is 326 g/mol. The number of aryl methyl sites for hydroxylation is 1. The molecule has 0 amide bonds. The van der Waals surface area contributed by atoms with Gasteiger partial charge in [-0.15, -0.1) is 5.10 Å². The molecule has 4 nitrogen and oxygen atoms in total. The molecule has 3 rings (SSSR count). The molecule has 0 radical (unpaired) electrons. The van der Waals surface area contributed by atoms with Gasteiger partial charge < -0.3 is 10.1 Å². The average Bonchev–Trinajstić information content (AvgIpc) is 3.10. The van der Waals surface area contributed by atoms with Gasteiger partial charge in [-0.25, -0.2) is 0 Å². The minimum atomic E-state index is 0.581. The van der Waals surface area contributed by atoms with Gasteiger partial charge in [0.05, 0.1) is 11.0 Å². The molecule has 1 heterocycles. The number of hydrogen-bond acceptors (Lipinski definition) is 5. The van der Waals surface area contributed by atoms with Gasteiger partial charge in [0.1, 0.15) is 10.8 Å². The minimum Gasteiger partial charge on any atom is -0.429 e. The van der Waals surface area contributed by atoms with Crippen LogP contribution >= 0.6 is 27.3 Å². The zero-order valence-corrected chi connectivity index (χ0v) is 12.9. The molecular formula is C13H14BrN3OS. The van der Waals surface area contributed by atoms with Crippen molar-refractivity contribution in [3.63, 3.8) is 0 Å². The van der Waals surface area contributed by atoms with E-state index in [0.717, 1.165) is 21.8 Å². The lowest BCUT2D eigenvalue weighted by atomic mass is 10.2. The molecule has 1 aliphatic carbocycles. The number of hydrogen-bond donors (Lipinski definition) is 1. The van der Waals surface area contributed by atoms with Gasteiger partial charge in [-0.1, -0.05) is 22.5 Å². The first-order valence-corrected chi connectivity index (χ1v) is 7.81. The summed E-state index contributed by atoms with van der Waals surface area (Å²) in [6, 6.07) is 6.64. The predicted molar refractivity (Wildman–Crippen MR) is 78.7 cm³/mol. The molecule has 1 aliphatic rings. The fourth-order valence-electron chi connectivity index (χ4n) is 1.65. The van der Waals surface area contributed by atoms with E-state index < -0.39 is 0 Å². The first-order valence-electron chi connectivity index (χ1n) is 6.20. The van der Waals surface area contributed by atoms with E-state index in [-0.39, 0.29) is 0 Å². The number of aromatic nitrogens is 2. The van der Waals surface area contributed by atoms with Crippen molar-refractivity contribution in [3.8, 4) is 10.9 Å². The predicted octanol–water partition coefficient (Wildman–Crippen LogP) is 3.65. The van der Waals surface area contributed by atoms with Crippen LogP contribution in [0.3, 0.4) is 0 Å². The van der Waals surface area contributed by atoms with Crippen LogP contribution in [0.15, 0.2) is 22.7 Å². The van der Waals surface area contributed by atoms with Gasteiger partial charge in [0.2, 0.25) is 0 Å². The second-order valence-electron chi connectivity index (χ2n) is 4.65. The highest BCUT2D eigenvalue weighted by molar-refractivity contribution is 9.10. The topological polar surface area (TPSA) is 47.0 Å². The monoisotopic (exact) mass is 339 g/mol. The Morgan fingerprint density at radius 2 is 2.26 bits per heavy atom. The molecule has 0 unspecified atom stereocenters. The summed E-state index contributed by atoms with van der Waals surface area (Å²) in [5, 5.41) is 13.1. The Kier molecular flexibility index (Phi) is 3.81. The highest BCUT2D eigenvalue weighted by atomic mass is 79.9. The molecule has 2 aromatic rings. The smallest absolute Gasteiger partial charge is 0.299 e. The lowest BCUT2D eigenvalue weighted by Crippen LogP contribution is -2.14. The molecule has 100 valence electrons. The number of halogens is 1. The maximum atomic E-state index is 5.74. The number of nitrogens with zero attached hydrogens (tertiary/aromatic N) is 2. The van der Waals surface area contributed by atoms with Crippen molar-refractivity contribution in [3.05, 3.63) is 33.2 Å². The lowest BCUT2D eigenvalue weighted by Gasteiger charge is -2.04. The van der Waals surface area contributed by atoms with Crippen molar-refractivity contribution in [2.45, 2.75) is 32.4 Å². The Bertz CT molecular complexity index is 583. The van der Waals surface area contributed by atoms with E-state index in [9.17, 15) is 0 Å². The summed E-state index contributed by atoms with van der Waals surface area (Å²) in [5.41, 5.74) is 1.19. The van der Waals surface area contributed by atoms with Gasteiger partial charge in [-0.3, -0.25) is 0 Å². The quantitative estimate of drug-likeness (QED) is 0.903. The van der Waals surface area contributed by atoms with Crippen molar-refractivity contribution < 1.29 is 4.74 Å². The second-order valence-corrected chi connectivity index (χ2v) is 6.53. The third-order valence-electron chi connectivity index (χ3n) is 2.85. The van der Waals surface area contributed by atoms with E-state index in [1.807, 2.05) is 25.1 Å². The Balaban J connectivity index is 1.65. The van der Waals surface area contributed by atoms with Gasteiger partial charge >= 0.3 is 0 Å². The number of nitrogens with one attached hydrogen (secondary N) is 1. The zero-order chi connectivity index (χ0) is 13.2. The van der Waals surface area contributed by atoms with E-state index in [1.54, 1.807) is 0 Å². The molecule has 0 aliphatic heterocycles. The average molecular weight is 340 g/mol. The first-order chi connectivity index (χ1) is 9.20. The highest BCUT2D eigenvalue weighted by Gasteiger charge is 2.20. The van der Waals surface area contributed by atoms with E-state index in [4.69, 9.17) is 4.74 Å². The standard InChI is InChI=1S/C13H14BrN3OS/c1-8-2-5-11(10(14)6-8)18-13-17-16-12(19-13)7-15-9-3-4-9/h2,5-6,9,15H,3-4,7H2,1H3. The van der Waals surface area contributed by atoms with E-state index in [2.05, 4.69) is 31.4 Å². The van der Waals surface area contributed by atoms with Crippen molar-refractivity contribution >= 4 is 27.3 Å². The van der Waals surface area contributed by atoms with Crippen LogP contribution in [0.2, 0.25) is 0 Å². The molecule has 0 spiro atoms. The molecule has 1 fully saturated rings. The summed E-state index contributed by atoms with van der Waals surface area (Å²) in [5.74, 6) is 0.767. The maximum absolute atomic E-state index is 5.74. The maximum Gasteiger partial charge on any atom is 0.299 e. The summed E-state index contributed by atoms with van der Waals surface area (Å²) < 4.78 is 6.67. The summed E-state index contributed by atoms with van der Waals surface area (Å²) in [7, 11) is 0. The molecule has 6 heteroatoms. The number of ether oxygens (including phenoxy) is 1. The molecule has 0 bridgehead atoms. The van der Waals surface area contributed by atoms with Crippen molar-refractivity contribution in [1.29, 1.82) is 0 Å². The minimum absolute atomic E-state index is 0.581.